The Kier molecular flexibility index (Phi) is 4.07. The van der Waals surface area contributed by atoms with Gasteiger partial charge in [0.25, 0.3) is 0 Å². The van der Waals surface area contributed by atoms with Crippen molar-refractivity contribution in [3.05, 3.63) is 22.7 Å². The van der Waals surface area contributed by atoms with E-state index in [1.807, 2.05) is 18.2 Å². The number of ether oxygens (including phenoxy) is 2. The van der Waals surface area contributed by atoms with E-state index in [0.29, 0.717) is 12.3 Å². The van der Waals surface area contributed by atoms with Crippen LogP contribution < -0.4 is 10.5 Å². The maximum atomic E-state index is 5.84. The van der Waals surface area contributed by atoms with Crippen molar-refractivity contribution in [2.24, 2.45) is 0 Å². The summed E-state index contributed by atoms with van der Waals surface area (Å²) in [6, 6.07) is 5.65. The third-order valence-electron chi connectivity index (χ3n) is 2.67. The molecule has 1 unspecified atom stereocenters. The molecular formula is C12H16BrNO2. The highest BCUT2D eigenvalue weighted by molar-refractivity contribution is 9.10. The molecule has 1 atom stereocenters. The fourth-order valence-corrected chi connectivity index (χ4v) is 2.15. The summed E-state index contributed by atoms with van der Waals surface area (Å²) in [7, 11) is 0. The summed E-state index contributed by atoms with van der Waals surface area (Å²) >= 11 is 3.36. The van der Waals surface area contributed by atoms with Crippen LogP contribution in [0.2, 0.25) is 0 Å². The molecule has 0 aromatic heterocycles. The molecule has 4 heteroatoms. The van der Waals surface area contributed by atoms with Gasteiger partial charge in [-0.1, -0.05) is 15.9 Å². The number of nitrogen functional groups attached to an aromatic ring is 1. The van der Waals surface area contributed by atoms with Gasteiger partial charge in [0.05, 0.1) is 11.8 Å². The van der Waals surface area contributed by atoms with Crippen molar-refractivity contribution in [2.45, 2.75) is 25.4 Å². The molecule has 0 aliphatic carbocycles. The maximum Gasteiger partial charge on any atom is 0.142 e. The van der Waals surface area contributed by atoms with Crippen molar-refractivity contribution >= 4 is 21.6 Å². The predicted molar refractivity (Wildman–Crippen MR) is 67.6 cm³/mol. The van der Waals surface area contributed by atoms with Crippen LogP contribution >= 0.6 is 15.9 Å². The molecule has 1 saturated heterocycles. The lowest BCUT2D eigenvalue weighted by Gasteiger charge is -2.22. The Morgan fingerprint density at radius 2 is 2.31 bits per heavy atom. The Morgan fingerprint density at radius 1 is 1.44 bits per heavy atom. The molecule has 88 valence electrons. The average Bonchev–Trinajstić information content (AvgIpc) is 2.29. The summed E-state index contributed by atoms with van der Waals surface area (Å²) in [6.45, 7) is 1.44. The highest BCUT2D eigenvalue weighted by Crippen LogP contribution is 2.26. The van der Waals surface area contributed by atoms with Crippen molar-refractivity contribution in [2.75, 3.05) is 18.9 Å². The molecule has 0 bridgehead atoms. The van der Waals surface area contributed by atoms with Crippen LogP contribution in [0, 0.1) is 0 Å². The molecule has 2 rings (SSSR count). The predicted octanol–water partition coefficient (Wildman–Crippen LogP) is 2.98. The first-order valence-electron chi connectivity index (χ1n) is 5.55. The number of nitrogens with two attached hydrogens (primary N) is 1. The fourth-order valence-electron chi connectivity index (χ4n) is 1.77. The van der Waals surface area contributed by atoms with E-state index >= 15 is 0 Å². The van der Waals surface area contributed by atoms with Crippen molar-refractivity contribution in [1.82, 2.24) is 0 Å². The second kappa shape index (κ2) is 5.55. The lowest BCUT2D eigenvalue weighted by Crippen LogP contribution is -2.25. The summed E-state index contributed by atoms with van der Waals surface area (Å²) < 4.78 is 12.2. The smallest absolute Gasteiger partial charge is 0.142 e. The molecular weight excluding hydrogens is 270 g/mol. The van der Waals surface area contributed by atoms with Crippen LogP contribution in [0.3, 0.4) is 0 Å². The Labute approximate surface area is 104 Å². The highest BCUT2D eigenvalue weighted by Gasteiger charge is 2.14. The first-order valence-corrected chi connectivity index (χ1v) is 6.34. The topological polar surface area (TPSA) is 44.5 Å². The molecule has 1 aromatic carbocycles. The van der Waals surface area contributed by atoms with Gasteiger partial charge in [-0.3, -0.25) is 0 Å². The molecule has 0 amide bonds. The molecule has 3 nitrogen and oxygen atoms in total. The normalized spacial score (nSPS) is 20.7. The number of benzene rings is 1. The van der Waals surface area contributed by atoms with Crippen LogP contribution in [0.4, 0.5) is 5.69 Å². The minimum Gasteiger partial charge on any atom is -0.489 e. The van der Waals surface area contributed by atoms with Crippen molar-refractivity contribution in [3.63, 3.8) is 0 Å². The van der Waals surface area contributed by atoms with E-state index in [4.69, 9.17) is 15.2 Å². The number of anilines is 1. The quantitative estimate of drug-likeness (QED) is 0.869. The summed E-state index contributed by atoms with van der Waals surface area (Å²) in [5, 5.41) is 0. The molecule has 2 N–H and O–H groups in total. The van der Waals surface area contributed by atoms with Gasteiger partial charge in [0.1, 0.15) is 12.4 Å². The largest absolute Gasteiger partial charge is 0.489 e. The molecule has 1 fully saturated rings. The second-order valence-corrected chi connectivity index (χ2v) is 4.90. The summed E-state index contributed by atoms with van der Waals surface area (Å²) in [6.07, 6.45) is 3.69. The Morgan fingerprint density at radius 3 is 3.00 bits per heavy atom. The number of rotatable bonds is 3. The molecule has 0 saturated carbocycles. The van der Waals surface area contributed by atoms with E-state index in [0.717, 1.165) is 29.7 Å². The van der Waals surface area contributed by atoms with Crippen molar-refractivity contribution in [3.8, 4) is 5.75 Å². The van der Waals surface area contributed by atoms with Crippen molar-refractivity contribution < 1.29 is 9.47 Å². The molecule has 1 aliphatic rings. The molecule has 1 aromatic rings. The summed E-state index contributed by atoms with van der Waals surface area (Å²) in [5.41, 5.74) is 6.50. The Hall–Kier alpha value is -0.740. The maximum absolute atomic E-state index is 5.84. The number of halogens is 1. The molecule has 0 radical (unpaired) electrons. The van der Waals surface area contributed by atoms with Gasteiger partial charge >= 0.3 is 0 Å². The standard InChI is InChI=1S/C12H16BrNO2/c13-9-4-5-12(11(14)7-9)16-8-10-3-1-2-6-15-10/h4-5,7,10H,1-3,6,8,14H2. The van der Waals surface area contributed by atoms with Crippen LogP contribution in [0.15, 0.2) is 22.7 Å². The number of hydrogen-bond donors (Lipinski definition) is 1. The Balaban J connectivity index is 1.88. The van der Waals surface area contributed by atoms with Gasteiger partial charge in [-0.2, -0.15) is 0 Å². The van der Waals surface area contributed by atoms with Crippen LogP contribution in [0.1, 0.15) is 19.3 Å². The van der Waals surface area contributed by atoms with Crippen LogP contribution in [0.5, 0.6) is 5.75 Å². The zero-order valence-electron chi connectivity index (χ0n) is 9.12. The monoisotopic (exact) mass is 285 g/mol. The lowest BCUT2D eigenvalue weighted by molar-refractivity contribution is -0.0109. The van der Waals surface area contributed by atoms with E-state index in [9.17, 15) is 0 Å². The molecule has 1 aliphatic heterocycles. The first-order chi connectivity index (χ1) is 7.75. The zero-order valence-corrected chi connectivity index (χ0v) is 10.7. The summed E-state index contributed by atoms with van der Waals surface area (Å²) in [5.74, 6) is 0.734. The minimum absolute atomic E-state index is 0.219. The third-order valence-corrected chi connectivity index (χ3v) is 3.16. The van der Waals surface area contributed by atoms with Gasteiger partial charge in [-0.25, -0.2) is 0 Å². The average molecular weight is 286 g/mol. The molecule has 0 spiro atoms. The Bertz CT molecular complexity index is 351. The zero-order chi connectivity index (χ0) is 11.4. The van der Waals surface area contributed by atoms with E-state index < -0.39 is 0 Å². The van der Waals surface area contributed by atoms with Gasteiger partial charge in [0.15, 0.2) is 0 Å². The third kappa shape index (κ3) is 3.12. The summed E-state index contributed by atoms with van der Waals surface area (Å²) in [4.78, 5) is 0. The second-order valence-electron chi connectivity index (χ2n) is 3.98. The fraction of sp³-hybridized carbons (Fsp3) is 0.500. The first kappa shape index (κ1) is 11.7. The van der Waals surface area contributed by atoms with E-state index in [1.54, 1.807) is 0 Å². The SMILES string of the molecule is Nc1cc(Br)ccc1OCC1CCCCO1. The van der Waals surface area contributed by atoms with E-state index in [1.165, 1.54) is 6.42 Å². The van der Waals surface area contributed by atoms with Gasteiger partial charge in [0.2, 0.25) is 0 Å². The number of hydrogen-bond acceptors (Lipinski definition) is 3. The van der Waals surface area contributed by atoms with Crippen LogP contribution in [-0.2, 0) is 4.74 Å². The van der Waals surface area contributed by atoms with Gasteiger partial charge in [-0.05, 0) is 37.5 Å². The molecule has 16 heavy (non-hydrogen) atoms. The van der Waals surface area contributed by atoms with E-state index in [2.05, 4.69) is 15.9 Å². The van der Waals surface area contributed by atoms with Gasteiger partial charge < -0.3 is 15.2 Å². The van der Waals surface area contributed by atoms with Gasteiger partial charge in [-0.15, -0.1) is 0 Å². The van der Waals surface area contributed by atoms with Crippen LogP contribution in [0.25, 0.3) is 0 Å². The van der Waals surface area contributed by atoms with Gasteiger partial charge in [0, 0.05) is 11.1 Å². The van der Waals surface area contributed by atoms with Crippen molar-refractivity contribution in [1.29, 1.82) is 0 Å². The highest BCUT2D eigenvalue weighted by atomic mass is 79.9. The van der Waals surface area contributed by atoms with Crippen LogP contribution in [-0.4, -0.2) is 19.3 Å². The minimum atomic E-state index is 0.219. The lowest BCUT2D eigenvalue weighted by atomic mass is 10.1. The van der Waals surface area contributed by atoms with E-state index in [-0.39, 0.29) is 6.10 Å². The molecule has 1 heterocycles.